The topological polar surface area (TPSA) is 70.6 Å². The molecule has 0 bridgehead atoms. The quantitative estimate of drug-likeness (QED) is 0.232. The Bertz CT molecular complexity index is 694. The zero-order valence-corrected chi connectivity index (χ0v) is 13.7. The number of amidine groups is 1. The van der Waals surface area contributed by atoms with E-state index in [9.17, 15) is 4.39 Å². The van der Waals surface area contributed by atoms with Crippen molar-refractivity contribution >= 4 is 45.7 Å². The van der Waals surface area contributed by atoms with E-state index < -0.39 is 5.82 Å². The zero-order chi connectivity index (χ0) is 15.4. The second kappa shape index (κ2) is 6.95. The first-order chi connectivity index (χ1) is 10.0. The number of halogens is 3. The number of rotatable bonds is 4. The average molecular weight is 420 g/mol. The van der Waals surface area contributed by atoms with E-state index >= 15 is 0 Å². The Balaban J connectivity index is 2.24. The second-order valence-electron chi connectivity index (χ2n) is 4.26. The van der Waals surface area contributed by atoms with Crippen LogP contribution in [0.4, 0.5) is 10.1 Å². The zero-order valence-electron chi connectivity index (χ0n) is 10.8. The van der Waals surface area contributed by atoms with Crippen molar-refractivity contribution in [2.24, 2.45) is 10.9 Å². The Hall–Kier alpha value is -1.54. The third kappa shape index (κ3) is 3.98. The molecule has 7 heteroatoms. The van der Waals surface area contributed by atoms with Crippen molar-refractivity contribution in [1.29, 1.82) is 0 Å². The number of nitrogens with zero attached hydrogens (tertiary/aromatic N) is 1. The molecule has 4 N–H and O–H groups in total. The summed E-state index contributed by atoms with van der Waals surface area (Å²) in [6, 6.07) is 9.63. The highest BCUT2D eigenvalue weighted by Crippen LogP contribution is 2.23. The summed E-state index contributed by atoms with van der Waals surface area (Å²) >= 11 is 8.07. The maximum Gasteiger partial charge on any atom is 0.170 e. The van der Waals surface area contributed by atoms with Crippen LogP contribution >= 0.6 is 34.2 Å². The molecule has 0 saturated carbocycles. The summed E-state index contributed by atoms with van der Waals surface area (Å²) in [6.07, 6.45) is 0. The van der Waals surface area contributed by atoms with Crippen LogP contribution in [-0.2, 0) is 6.54 Å². The lowest BCUT2D eigenvalue weighted by molar-refractivity contribution is 0.318. The van der Waals surface area contributed by atoms with Gasteiger partial charge in [0.2, 0.25) is 0 Å². The molecule has 0 radical (unpaired) electrons. The Labute approximate surface area is 139 Å². The predicted octanol–water partition coefficient (Wildman–Crippen LogP) is 3.79. The Kier molecular flexibility index (Phi) is 5.24. The van der Waals surface area contributed by atoms with Crippen molar-refractivity contribution < 1.29 is 9.60 Å². The highest BCUT2D eigenvalue weighted by Gasteiger charge is 2.09. The fraction of sp³-hybridized carbons (Fsp3) is 0.0714. The van der Waals surface area contributed by atoms with Gasteiger partial charge in [0.15, 0.2) is 5.84 Å². The predicted molar refractivity (Wildman–Crippen MR) is 90.4 cm³/mol. The van der Waals surface area contributed by atoms with Gasteiger partial charge in [-0.15, -0.1) is 0 Å². The van der Waals surface area contributed by atoms with Gasteiger partial charge in [0.1, 0.15) is 5.82 Å². The van der Waals surface area contributed by atoms with Gasteiger partial charge in [-0.05, 0) is 58.5 Å². The van der Waals surface area contributed by atoms with E-state index in [1.807, 2.05) is 12.1 Å². The van der Waals surface area contributed by atoms with E-state index in [1.165, 1.54) is 12.1 Å². The van der Waals surface area contributed by atoms with Crippen LogP contribution in [0.25, 0.3) is 0 Å². The van der Waals surface area contributed by atoms with E-state index in [2.05, 4.69) is 33.1 Å². The van der Waals surface area contributed by atoms with Crippen LogP contribution in [0.3, 0.4) is 0 Å². The van der Waals surface area contributed by atoms with Crippen molar-refractivity contribution in [1.82, 2.24) is 0 Å². The summed E-state index contributed by atoms with van der Waals surface area (Å²) < 4.78 is 14.3. The first-order valence-corrected chi connectivity index (χ1v) is 7.42. The molecule has 110 valence electrons. The van der Waals surface area contributed by atoms with Crippen LogP contribution in [0.2, 0.25) is 5.02 Å². The van der Waals surface area contributed by atoms with E-state index in [0.29, 0.717) is 17.1 Å². The molecule has 0 atom stereocenters. The summed E-state index contributed by atoms with van der Waals surface area (Å²) in [7, 11) is 0. The molecule has 2 rings (SSSR count). The average Bonchev–Trinajstić information content (AvgIpc) is 2.46. The molecule has 2 aromatic carbocycles. The number of nitrogens with one attached hydrogen (secondary N) is 1. The monoisotopic (exact) mass is 419 g/mol. The minimum Gasteiger partial charge on any atom is -0.409 e. The third-order valence-corrected chi connectivity index (χ3v) is 3.98. The lowest BCUT2D eigenvalue weighted by Gasteiger charge is -2.12. The number of hydrogen-bond donors (Lipinski definition) is 3. The lowest BCUT2D eigenvalue weighted by Crippen LogP contribution is -2.17. The first-order valence-electron chi connectivity index (χ1n) is 5.96. The van der Waals surface area contributed by atoms with Crippen molar-refractivity contribution in [3.8, 4) is 0 Å². The van der Waals surface area contributed by atoms with Gasteiger partial charge in [-0.3, -0.25) is 0 Å². The minimum absolute atomic E-state index is 0.128. The molecule has 4 nitrogen and oxygen atoms in total. The molecule has 0 saturated heterocycles. The number of oxime groups is 1. The fourth-order valence-corrected chi connectivity index (χ4v) is 2.88. The molecule has 2 aromatic rings. The highest BCUT2D eigenvalue weighted by atomic mass is 127. The molecular weight excluding hydrogens is 408 g/mol. The van der Waals surface area contributed by atoms with Gasteiger partial charge in [0.05, 0.1) is 0 Å². The maximum absolute atomic E-state index is 13.3. The second-order valence-corrected chi connectivity index (χ2v) is 5.86. The smallest absolute Gasteiger partial charge is 0.170 e. The highest BCUT2D eigenvalue weighted by molar-refractivity contribution is 14.1. The molecule has 0 heterocycles. The summed E-state index contributed by atoms with van der Waals surface area (Å²) in [6.45, 7) is 0.406. The number of anilines is 1. The van der Waals surface area contributed by atoms with Crippen molar-refractivity contribution in [3.05, 3.63) is 61.9 Å². The number of nitrogens with two attached hydrogens (primary N) is 1. The standard InChI is InChI=1S/C14H12ClFIN3O/c15-9-2-4-13(12(17)5-9)19-7-8-1-3-10(16)6-11(8)14(18)20-21/h1-6,19,21H,7H2,(H2,18,20). The van der Waals surface area contributed by atoms with Crippen LogP contribution < -0.4 is 11.1 Å². The van der Waals surface area contributed by atoms with E-state index in [4.69, 9.17) is 22.5 Å². The van der Waals surface area contributed by atoms with Gasteiger partial charge in [-0.2, -0.15) is 0 Å². The van der Waals surface area contributed by atoms with Gasteiger partial charge in [-0.1, -0.05) is 22.8 Å². The maximum atomic E-state index is 13.3. The molecule has 0 aliphatic carbocycles. The largest absolute Gasteiger partial charge is 0.409 e. The summed E-state index contributed by atoms with van der Waals surface area (Å²) in [4.78, 5) is 0. The van der Waals surface area contributed by atoms with E-state index in [1.54, 1.807) is 12.1 Å². The lowest BCUT2D eigenvalue weighted by atomic mass is 10.1. The van der Waals surface area contributed by atoms with Gasteiger partial charge in [0, 0.05) is 26.4 Å². The Morgan fingerprint density at radius 3 is 2.76 bits per heavy atom. The summed E-state index contributed by atoms with van der Waals surface area (Å²) in [5.74, 6) is -0.571. The summed E-state index contributed by atoms with van der Waals surface area (Å²) in [5.41, 5.74) is 7.54. The molecule has 0 fully saturated rings. The van der Waals surface area contributed by atoms with Crippen LogP contribution in [0.1, 0.15) is 11.1 Å². The third-order valence-electron chi connectivity index (χ3n) is 2.86. The first kappa shape index (κ1) is 15.8. The molecule has 0 aliphatic heterocycles. The van der Waals surface area contributed by atoms with Crippen LogP contribution in [0.15, 0.2) is 41.6 Å². The van der Waals surface area contributed by atoms with Crippen LogP contribution in [-0.4, -0.2) is 11.0 Å². The molecule has 0 aromatic heterocycles. The van der Waals surface area contributed by atoms with Gasteiger partial charge < -0.3 is 16.3 Å². The Morgan fingerprint density at radius 1 is 1.33 bits per heavy atom. The van der Waals surface area contributed by atoms with Crippen molar-refractivity contribution in [2.45, 2.75) is 6.54 Å². The van der Waals surface area contributed by atoms with Crippen LogP contribution in [0, 0.1) is 9.39 Å². The molecule has 0 aliphatic rings. The molecule has 0 amide bonds. The number of benzene rings is 2. The Morgan fingerprint density at radius 2 is 2.10 bits per heavy atom. The molecule has 21 heavy (non-hydrogen) atoms. The van der Waals surface area contributed by atoms with Gasteiger partial charge in [0.25, 0.3) is 0 Å². The van der Waals surface area contributed by atoms with E-state index in [0.717, 1.165) is 14.8 Å². The van der Waals surface area contributed by atoms with Crippen molar-refractivity contribution in [2.75, 3.05) is 5.32 Å². The van der Waals surface area contributed by atoms with Gasteiger partial charge >= 0.3 is 0 Å². The molecule has 0 unspecified atom stereocenters. The number of hydrogen-bond acceptors (Lipinski definition) is 3. The van der Waals surface area contributed by atoms with Crippen LogP contribution in [0.5, 0.6) is 0 Å². The van der Waals surface area contributed by atoms with Gasteiger partial charge in [-0.25, -0.2) is 4.39 Å². The molecular formula is C14H12ClFIN3O. The summed E-state index contributed by atoms with van der Waals surface area (Å²) in [5, 5.41) is 15.6. The normalized spacial score (nSPS) is 11.5. The van der Waals surface area contributed by atoms with E-state index in [-0.39, 0.29) is 5.84 Å². The van der Waals surface area contributed by atoms with Crippen molar-refractivity contribution in [3.63, 3.8) is 0 Å². The molecule has 0 spiro atoms. The fourth-order valence-electron chi connectivity index (χ4n) is 1.82. The SMILES string of the molecule is N/C(=N/O)c1cc(F)ccc1CNc1ccc(Cl)cc1I. The minimum atomic E-state index is -0.443.